The van der Waals surface area contributed by atoms with E-state index in [0.29, 0.717) is 12.0 Å². The lowest BCUT2D eigenvalue weighted by Crippen LogP contribution is -2.33. The number of carbonyl (C=O) groups excluding carboxylic acids is 1. The number of carbonyl (C=O) groups is 2. The number of hydrogen-bond acceptors (Lipinski definition) is 4. The summed E-state index contributed by atoms with van der Waals surface area (Å²) < 4.78 is 82.6. The van der Waals surface area contributed by atoms with Gasteiger partial charge >= 0.3 is 18.3 Å². The number of carboxylic acid groups (broad SMARTS) is 1. The van der Waals surface area contributed by atoms with Gasteiger partial charge < -0.3 is 10.0 Å². The Bertz CT molecular complexity index is 1350. The van der Waals surface area contributed by atoms with Gasteiger partial charge in [0.1, 0.15) is 5.82 Å². The molecule has 1 N–H and O–H groups in total. The fourth-order valence-electron chi connectivity index (χ4n) is 4.58. The quantitative estimate of drug-likeness (QED) is 0.278. The number of Topliss-reactive ketones (excluding diaryl/α,β-unsaturated/α-hetero) is 1. The number of benzene rings is 2. The van der Waals surface area contributed by atoms with E-state index in [1.165, 1.54) is 41.3 Å². The smallest absolute Gasteiger partial charge is 0.435 e. The Hall–Kier alpha value is -3.83. The van der Waals surface area contributed by atoms with Crippen molar-refractivity contribution in [2.45, 2.75) is 51.1 Å². The second kappa shape index (κ2) is 10.1. The summed E-state index contributed by atoms with van der Waals surface area (Å²) in [5.41, 5.74) is -2.00. The van der Waals surface area contributed by atoms with Gasteiger partial charge in [-0.1, -0.05) is 31.2 Å². The molecule has 4 rings (SSSR count). The largest absolute Gasteiger partial charge is 0.478 e. The van der Waals surface area contributed by atoms with E-state index >= 15 is 0 Å². The number of hydrogen-bond donors (Lipinski definition) is 1. The molecule has 0 radical (unpaired) electrons. The Labute approximate surface area is 213 Å². The average molecular weight is 539 g/mol. The number of fused-ring (bicyclic) bond motifs is 1. The molecule has 1 aliphatic heterocycles. The van der Waals surface area contributed by atoms with E-state index in [4.69, 9.17) is 5.11 Å². The van der Waals surface area contributed by atoms with Crippen molar-refractivity contribution in [3.63, 3.8) is 0 Å². The Morgan fingerprint density at radius 2 is 1.68 bits per heavy atom. The van der Waals surface area contributed by atoms with Crippen molar-refractivity contribution in [2.24, 2.45) is 0 Å². The summed E-state index contributed by atoms with van der Waals surface area (Å²) in [6.07, 6.45) is -9.43. The summed E-state index contributed by atoms with van der Waals surface area (Å²) >= 11 is 0. The van der Waals surface area contributed by atoms with Gasteiger partial charge in [-0.25, -0.2) is 9.48 Å². The van der Waals surface area contributed by atoms with E-state index < -0.39 is 46.8 Å². The second-order valence-corrected chi connectivity index (χ2v) is 9.20. The molecule has 3 aromatic rings. The predicted octanol–water partition coefficient (Wildman–Crippen LogP) is 6.41. The molecule has 12 heteroatoms. The highest BCUT2D eigenvalue weighted by Crippen LogP contribution is 2.40. The number of halogens is 6. The third-order valence-corrected chi connectivity index (χ3v) is 6.42. The van der Waals surface area contributed by atoms with E-state index in [2.05, 4.69) is 5.10 Å². The number of anilines is 1. The molecule has 6 nitrogen and oxygen atoms in total. The van der Waals surface area contributed by atoms with Crippen LogP contribution >= 0.6 is 0 Å². The molecule has 1 aromatic heterocycles. The summed E-state index contributed by atoms with van der Waals surface area (Å²) in [5, 5.41) is 12.7. The Morgan fingerprint density at radius 1 is 1.00 bits per heavy atom. The molecule has 2 heterocycles. The molecule has 2 aromatic carbocycles. The van der Waals surface area contributed by atoms with E-state index in [9.17, 15) is 35.9 Å². The summed E-state index contributed by atoms with van der Waals surface area (Å²) in [7, 11) is 0. The molecule has 202 valence electrons. The standard InChI is InChI=1S/C26H23F6N3O3/c1-15(17-6-8-18(9-7-17)24(37)38)12-20(36)21-22(26(30,31)32)33-35-11-3-10-34(23(21)35)14-16-4-2-5-19(13-16)25(27,28)29/h2,4-9,13,15H,3,10-12,14H2,1H3,(H,37,38)/t15-/m1/s1. The summed E-state index contributed by atoms with van der Waals surface area (Å²) in [5.74, 6) is -2.56. The second-order valence-electron chi connectivity index (χ2n) is 9.20. The molecule has 0 fully saturated rings. The van der Waals surface area contributed by atoms with Crippen LogP contribution < -0.4 is 4.90 Å². The highest BCUT2D eigenvalue weighted by Gasteiger charge is 2.43. The minimum atomic E-state index is -4.93. The van der Waals surface area contributed by atoms with Crippen molar-refractivity contribution < 1.29 is 41.0 Å². The fourth-order valence-corrected chi connectivity index (χ4v) is 4.58. The van der Waals surface area contributed by atoms with Crippen LogP contribution in [0.1, 0.15) is 68.8 Å². The number of aryl methyl sites for hydroxylation is 1. The van der Waals surface area contributed by atoms with Gasteiger partial charge in [0, 0.05) is 26.1 Å². The van der Waals surface area contributed by atoms with Crippen LogP contribution in [0.5, 0.6) is 0 Å². The molecule has 0 bridgehead atoms. The van der Waals surface area contributed by atoms with Crippen molar-refractivity contribution in [3.8, 4) is 0 Å². The van der Waals surface area contributed by atoms with Gasteiger partial charge in [-0.2, -0.15) is 31.4 Å². The summed E-state index contributed by atoms with van der Waals surface area (Å²) in [4.78, 5) is 25.9. The first kappa shape index (κ1) is 27.2. The topological polar surface area (TPSA) is 75.4 Å². The van der Waals surface area contributed by atoms with Crippen LogP contribution in [0.2, 0.25) is 0 Å². The lowest BCUT2D eigenvalue weighted by molar-refractivity contribution is -0.142. The molecular formula is C26H23F6N3O3. The maximum Gasteiger partial charge on any atom is 0.435 e. The van der Waals surface area contributed by atoms with Crippen molar-refractivity contribution in [3.05, 3.63) is 82.0 Å². The molecule has 0 amide bonds. The minimum absolute atomic E-state index is 0.0302. The number of rotatable bonds is 7. The van der Waals surface area contributed by atoms with Gasteiger partial charge in [-0.3, -0.25) is 4.79 Å². The maximum atomic E-state index is 14.0. The molecule has 1 aliphatic rings. The molecule has 38 heavy (non-hydrogen) atoms. The van der Waals surface area contributed by atoms with Crippen LogP contribution in [0.3, 0.4) is 0 Å². The molecule has 0 saturated heterocycles. The minimum Gasteiger partial charge on any atom is -0.478 e. The summed E-state index contributed by atoms with van der Waals surface area (Å²) in [6, 6.07) is 10.2. The van der Waals surface area contributed by atoms with Gasteiger partial charge in [0.2, 0.25) is 0 Å². The van der Waals surface area contributed by atoms with Crippen LogP contribution in [-0.4, -0.2) is 33.2 Å². The normalized spacial score (nSPS) is 14.8. The van der Waals surface area contributed by atoms with E-state index in [1.807, 2.05) is 0 Å². The number of carboxylic acids is 1. The van der Waals surface area contributed by atoms with Crippen molar-refractivity contribution >= 4 is 17.6 Å². The Morgan fingerprint density at radius 3 is 2.29 bits per heavy atom. The molecule has 0 aliphatic carbocycles. The van der Waals surface area contributed by atoms with E-state index in [0.717, 1.165) is 16.8 Å². The third-order valence-electron chi connectivity index (χ3n) is 6.42. The predicted molar refractivity (Wildman–Crippen MR) is 125 cm³/mol. The van der Waals surface area contributed by atoms with Gasteiger partial charge in [0.05, 0.1) is 16.7 Å². The first-order chi connectivity index (χ1) is 17.8. The molecule has 0 unspecified atom stereocenters. The van der Waals surface area contributed by atoms with E-state index in [1.54, 1.807) is 6.92 Å². The third kappa shape index (κ3) is 5.68. The maximum absolute atomic E-state index is 14.0. The molecule has 0 saturated carbocycles. The first-order valence-electron chi connectivity index (χ1n) is 11.7. The SMILES string of the molecule is C[C@H](CC(=O)c1c(C(F)(F)F)nn2c1N(Cc1cccc(C(F)(F)F)c1)CCC2)c1ccc(C(=O)O)cc1. The zero-order valence-electron chi connectivity index (χ0n) is 20.1. The van der Waals surface area contributed by atoms with E-state index in [-0.39, 0.29) is 43.0 Å². The highest BCUT2D eigenvalue weighted by atomic mass is 19.4. The monoisotopic (exact) mass is 539 g/mol. The average Bonchev–Trinajstić information content (AvgIpc) is 3.25. The first-order valence-corrected chi connectivity index (χ1v) is 11.7. The van der Waals surface area contributed by atoms with Gasteiger partial charge in [-0.05, 0) is 47.7 Å². The molecule has 0 spiro atoms. The van der Waals surface area contributed by atoms with Crippen molar-refractivity contribution in [2.75, 3.05) is 11.4 Å². The lowest BCUT2D eigenvalue weighted by atomic mass is 9.92. The Balaban J connectivity index is 1.68. The van der Waals surface area contributed by atoms with Crippen LogP contribution in [0.4, 0.5) is 32.2 Å². The van der Waals surface area contributed by atoms with Gasteiger partial charge in [-0.15, -0.1) is 0 Å². The number of alkyl halides is 6. The number of aromatic nitrogens is 2. The van der Waals surface area contributed by atoms with Gasteiger partial charge in [0.25, 0.3) is 0 Å². The number of aromatic carboxylic acids is 1. The van der Waals surface area contributed by atoms with Crippen molar-refractivity contribution in [1.82, 2.24) is 9.78 Å². The van der Waals surface area contributed by atoms with Crippen molar-refractivity contribution in [1.29, 1.82) is 0 Å². The zero-order valence-corrected chi connectivity index (χ0v) is 20.1. The van der Waals surface area contributed by atoms with Gasteiger partial charge in [0.15, 0.2) is 11.5 Å². The molecular weight excluding hydrogens is 516 g/mol. The number of ketones is 1. The lowest BCUT2D eigenvalue weighted by Gasteiger charge is -2.31. The van der Waals surface area contributed by atoms with Crippen LogP contribution in [0, 0.1) is 0 Å². The fraction of sp³-hybridized carbons (Fsp3) is 0.346. The molecule has 1 atom stereocenters. The van der Waals surface area contributed by atoms with Crippen LogP contribution in [0.25, 0.3) is 0 Å². The summed E-state index contributed by atoms with van der Waals surface area (Å²) in [6.45, 7) is 1.85. The van der Waals surface area contributed by atoms with Crippen LogP contribution in [0.15, 0.2) is 48.5 Å². The van der Waals surface area contributed by atoms with Crippen LogP contribution in [-0.2, 0) is 25.4 Å². The number of nitrogens with zero attached hydrogens (tertiary/aromatic N) is 3. The highest BCUT2D eigenvalue weighted by molar-refractivity contribution is 6.02. The zero-order chi connectivity index (χ0) is 27.8. The Kier molecular flexibility index (Phi) is 7.26.